The first-order chi connectivity index (χ1) is 13.6. The minimum absolute atomic E-state index is 0.0436. The smallest absolute Gasteiger partial charge is 0.259 e. The van der Waals surface area contributed by atoms with Gasteiger partial charge in [0.25, 0.3) is 5.56 Å². The van der Waals surface area contributed by atoms with Crippen LogP contribution in [0.5, 0.6) is 5.75 Å². The number of rotatable bonds is 6. The summed E-state index contributed by atoms with van der Waals surface area (Å²) in [6, 6.07) is 19.6. The Bertz CT molecular complexity index is 1130. The van der Waals surface area contributed by atoms with Crippen LogP contribution in [0.3, 0.4) is 0 Å². The Morgan fingerprint density at radius 3 is 2.54 bits per heavy atom. The van der Waals surface area contributed by atoms with Crippen molar-refractivity contribution < 1.29 is 4.74 Å². The van der Waals surface area contributed by atoms with E-state index in [9.17, 15) is 4.79 Å². The van der Waals surface area contributed by atoms with Crippen LogP contribution in [0, 0.1) is 0 Å². The predicted molar refractivity (Wildman–Crippen MR) is 113 cm³/mol. The quantitative estimate of drug-likeness (QED) is 0.497. The molecule has 142 valence electrons. The number of aromatic nitrogens is 2. The molecule has 2 aromatic carbocycles. The summed E-state index contributed by atoms with van der Waals surface area (Å²) in [6.45, 7) is 1.38. The van der Waals surface area contributed by atoms with Crippen molar-refractivity contribution in [3.8, 4) is 17.0 Å². The molecule has 5 nitrogen and oxygen atoms in total. The fourth-order valence-electron chi connectivity index (χ4n) is 3.23. The number of nitrogens with zero attached hydrogens (tertiary/aromatic N) is 3. The highest BCUT2D eigenvalue weighted by Crippen LogP contribution is 2.24. The van der Waals surface area contributed by atoms with Gasteiger partial charge >= 0.3 is 0 Å². The van der Waals surface area contributed by atoms with E-state index in [0.29, 0.717) is 6.54 Å². The van der Waals surface area contributed by atoms with E-state index in [0.717, 1.165) is 34.2 Å². The number of ether oxygens (including phenoxy) is 1. The minimum atomic E-state index is -0.0436. The number of fused-ring (bicyclic) bond motifs is 1. The summed E-state index contributed by atoms with van der Waals surface area (Å²) < 4.78 is 6.89. The lowest BCUT2D eigenvalue weighted by Gasteiger charge is -2.16. The standard InChI is InChI=1S/C22H21N3O2S/c1-24(13-16-8-10-19(27-2)11-9-16)14-18-12-21(26)25-20(15-28-22(25)23-18)17-6-4-3-5-7-17/h3-12,15H,13-14H2,1-2H3. The summed E-state index contributed by atoms with van der Waals surface area (Å²) >= 11 is 1.49. The van der Waals surface area contributed by atoms with Crippen molar-refractivity contribution in [1.29, 1.82) is 0 Å². The van der Waals surface area contributed by atoms with E-state index in [1.165, 1.54) is 16.9 Å². The normalized spacial score (nSPS) is 11.2. The summed E-state index contributed by atoms with van der Waals surface area (Å²) in [5, 5.41) is 1.99. The zero-order valence-corrected chi connectivity index (χ0v) is 16.6. The monoisotopic (exact) mass is 391 g/mol. The van der Waals surface area contributed by atoms with Crippen LogP contribution in [0.4, 0.5) is 0 Å². The van der Waals surface area contributed by atoms with E-state index >= 15 is 0 Å². The lowest BCUT2D eigenvalue weighted by atomic mass is 10.2. The van der Waals surface area contributed by atoms with Crippen LogP contribution >= 0.6 is 11.3 Å². The molecule has 0 fully saturated rings. The molecule has 2 aromatic heterocycles. The molecule has 0 aliphatic rings. The summed E-state index contributed by atoms with van der Waals surface area (Å²) in [4.78, 5) is 20.3. The van der Waals surface area contributed by atoms with Gasteiger partial charge in [-0.15, -0.1) is 11.3 Å². The van der Waals surface area contributed by atoms with Crippen LogP contribution < -0.4 is 10.3 Å². The van der Waals surface area contributed by atoms with Crippen LogP contribution in [0.15, 0.2) is 70.8 Å². The Kier molecular flexibility index (Phi) is 5.23. The second-order valence-electron chi connectivity index (χ2n) is 6.71. The molecule has 0 N–H and O–H groups in total. The van der Waals surface area contributed by atoms with Gasteiger partial charge in [0.2, 0.25) is 0 Å². The van der Waals surface area contributed by atoms with Gasteiger partial charge in [0.15, 0.2) is 4.96 Å². The average molecular weight is 391 g/mol. The SMILES string of the molecule is COc1ccc(CN(C)Cc2cc(=O)n3c(-c4ccccc4)csc3n2)cc1. The second kappa shape index (κ2) is 7.96. The third kappa shape index (κ3) is 3.83. The first-order valence-corrected chi connectivity index (χ1v) is 9.89. The molecule has 0 amide bonds. The average Bonchev–Trinajstić information content (AvgIpc) is 3.14. The molecule has 6 heteroatoms. The molecule has 0 unspecified atom stereocenters. The molecule has 0 aliphatic heterocycles. The van der Waals surface area contributed by atoms with Crippen molar-refractivity contribution in [2.75, 3.05) is 14.2 Å². The zero-order valence-electron chi connectivity index (χ0n) is 15.8. The molecule has 0 saturated carbocycles. The largest absolute Gasteiger partial charge is 0.497 e. The Morgan fingerprint density at radius 1 is 1.07 bits per heavy atom. The fraction of sp³-hybridized carbons (Fsp3) is 0.182. The van der Waals surface area contributed by atoms with Crippen molar-refractivity contribution in [2.45, 2.75) is 13.1 Å². The highest BCUT2D eigenvalue weighted by atomic mass is 32.1. The molecular weight excluding hydrogens is 370 g/mol. The molecule has 0 bridgehead atoms. The maximum absolute atomic E-state index is 12.8. The summed E-state index contributed by atoms with van der Waals surface area (Å²) in [5.41, 5.74) is 3.82. The van der Waals surface area contributed by atoms with E-state index in [4.69, 9.17) is 9.72 Å². The molecule has 2 heterocycles. The van der Waals surface area contributed by atoms with Gasteiger partial charge in [-0.1, -0.05) is 42.5 Å². The summed E-state index contributed by atoms with van der Waals surface area (Å²) in [7, 11) is 3.69. The van der Waals surface area contributed by atoms with Gasteiger partial charge in [0.05, 0.1) is 18.5 Å². The molecule has 0 spiro atoms. The van der Waals surface area contributed by atoms with E-state index in [1.54, 1.807) is 17.6 Å². The van der Waals surface area contributed by atoms with Crippen LogP contribution in [-0.4, -0.2) is 28.4 Å². The Hall–Kier alpha value is -2.96. The molecular formula is C22H21N3O2S. The molecule has 4 rings (SSSR count). The molecule has 0 radical (unpaired) electrons. The minimum Gasteiger partial charge on any atom is -0.497 e. The first kappa shape index (κ1) is 18.4. The number of benzene rings is 2. The maximum atomic E-state index is 12.8. The number of thiazole rings is 1. The summed E-state index contributed by atoms with van der Waals surface area (Å²) in [6.07, 6.45) is 0. The van der Waals surface area contributed by atoms with Gasteiger partial charge in [-0.3, -0.25) is 14.1 Å². The van der Waals surface area contributed by atoms with Gasteiger partial charge < -0.3 is 4.74 Å². The van der Waals surface area contributed by atoms with Gasteiger partial charge in [-0.25, -0.2) is 4.98 Å². The zero-order chi connectivity index (χ0) is 19.5. The molecule has 4 aromatic rings. The maximum Gasteiger partial charge on any atom is 0.259 e. The number of methoxy groups -OCH3 is 1. The lowest BCUT2D eigenvalue weighted by Crippen LogP contribution is -2.21. The van der Waals surface area contributed by atoms with Gasteiger partial charge in [0, 0.05) is 24.5 Å². The van der Waals surface area contributed by atoms with E-state index in [-0.39, 0.29) is 5.56 Å². The van der Waals surface area contributed by atoms with Gasteiger partial charge in [-0.2, -0.15) is 0 Å². The number of hydrogen-bond acceptors (Lipinski definition) is 5. The van der Waals surface area contributed by atoms with Crippen molar-refractivity contribution in [3.05, 3.63) is 87.7 Å². The highest BCUT2D eigenvalue weighted by Gasteiger charge is 2.12. The second-order valence-corrected chi connectivity index (χ2v) is 7.55. The third-order valence-corrected chi connectivity index (χ3v) is 5.40. The third-order valence-electron chi connectivity index (χ3n) is 4.57. The van der Waals surface area contributed by atoms with E-state index < -0.39 is 0 Å². The Balaban J connectivity index is 1.55. The first-order valence-electron chi connectivity index (χ1n) is 9.01. The van der Waals surface area contributed by atoms with Crippen LogP contribution in [0.25, 0.3) is 16.2 Å². The summed E-state index contributed by atoms with van der Waals surface area (Å²) in [5.74, 6) is 0.846. The van der Waals surface area contributed by atoms with Crippen molar-refractivity contribution in [1.82, 2.24) is 14.3 Å². The van der Waals surface area contributed by atoms with Gasteiger partial charge in [-0.05, 0) is 30.3 Å². The van der Waals surface area contributed by atoms with Crippen LogP contribution in [-0.2, 0) is 13.1 Å². The predicted octanol–water partition coefficient (Wildman–Crippen LogP) is 4.06. The van der Waals surface area contributed by atoms with Gasteiger partial charge in [0.1, 0.15) is 5.75 Å². The molecule has 0 aliphatic carbocycles. The molecule has 0 saturated heterocycles. The van der Waals surface area contributed by atoms with Crippen LogP contribution in [0.1, 0.15) is 11.3 Å². The van der Waals surface area contributed by atoms with Crippen molar-refractivity contribution in [2.24, 2.45) is 0 Å². The van der Waals surface area contributed by atoms with Crippen molar-refractivity contribution in [3.63, 3.8) is 0 Å². The topological polar surface area (TPSA) is 46.8 Å². The van der Waals surface area contributed by atoms with E-state index in [2.05, 4.69) is 4.90 Å². The lowest BCUT2D eigenvalue weighted by molar-refractivity contribution is 0.315. The van der Waals surface area contributed by atoms with Crippen molar-refractivity contribution >= 4 is 16.3 Å². The Labute approximate surface area is 167 Å². The van der Waals surface area contributed by atoms with Crippen LogP contribution in [0.2, 0.25) is 0 Å². The molecule has 28 heavy (non-hydrogen) atoms. The Morgan fingerprint density at radius 2 is 1.82 bits per heavy atom. The number of hydrogen-bond donors (Lipinski definition) is 0. The van der Waals surface area contributed by atoms with E-state index in [1.807, 2.05) is 67.0 Å². The molecule has 0 atom stereocenters. The fourth-order valence-corrected chi connectivity index (χ4v) is 4.15. The highest BCUT2D eigenvalue weighted by molar-refractivity contribution is 7.15.